The Balaban J connectivity index is 2.63. The van der Waals surface area contributed by atoms with Crippen molar-refractivity contribution in [3.05, 3.63) is 0 Å². The largest absolute Gasteiger partial charge is 0.406 e. The first-order valence-electron chi connectivity index (χ1n) is 3.90. The van der Waals surface area contributed by atoms with Gasteiger partial charge in [0, 0.05) is 5.37 Å². The van der Waals surface area contributed by atoms with Gasteiger partial charge < -0.3 is 0 Å². The second-order valence-corrected chi connectivity index (χ2v) is 4.03. The molecule has 1 aliphatic carbocycles. The molecule has 1 atom stereocenters. The lowest BCUT2D eigenvalue weighted by Crippen LogP contribution is -2.62. The van der Waals surface area contributed by atoms with Gasteiger partial charge in [0.2, 0.25) is 0 Å². The van der Waals surface area contributed by atoms with Crippen molar-refractivity contribution < 1.29 is 13.2 Å². The van der Waals surface area contributed by atoms with Gasteiger partial charge in [0.15, 0.2) is 0 Å². The Labute approximate surface area is 75.1 Å². The number of thiol groups is 1. The minimum absolute atomic E-state index is 0.182. The maximum absolute atomic E-state index is 12.4. The van der Waals surface area contributed by atoms with Crippen LogP contribution in [0.1, 0.15) is 26.2 Å². The molecule has 0 heterocycles. The fourth-order valence-corrected chi connectivity index (χ4v) is 1.69. The normalized spacial score (nSPS) is 24.8. The highest BCUT2D eigenvalue weighted by Crippen LogP contribution is 2.45. The summed E-state index contributed by atoms with van der Waals surface area (Å²) in [6, 6.07) is 0. The Kier molecular flexibility index (Phi) is 2.63. The molecule has 0 aliphatic heterocycles. The summed E-state index contributed by atoms with van der Waals surface area (Å²) in [5.74, 6) is 0. The number of hydrogen-bond donors (Lipinski definition) is 2. The van der Waals surface area contributed by atoms with Gasteiger partial charge in [-0.3, -0.25) is 5.32 Å². The first kappa shape index (κ1) is 10.2. The Bertz CT molecular complexity index is 163. The predicted octanol–water partition coefficient (Wildman–Crippen LogP) is 2.34. The zero-order chi connectivity index (χ0) is 9.41. The van der Waals surface area contributed by atoms with Gasteiger partial charge in [-0.2, -0.15) is 25.8 Å². The molecule has 1 nitrogen and oxygen atoms in total. The van der Waals surface area contributed by atoms with Crippen LogP contribution in [-0.2, 0) is 0 Å². The van der Waals surface area contributed by atoms with Gasteiger partial charge in [0.05, 0.1) is 0 Å². The van der Waals surface area contributed by atoms with Crippen molar-refractivity contribution in [3.63, 3.8) is 0 Å². The van der Waals surface area contributed by atoms with Crippen LogP contribution in [0.2, 0.25) is 0 Å². The van der Waals surface area contributed by atoms with Gasteiger partial charge in [0.25, 0.3) is 0 Å². The van der Waals surface area contributed by atoms with E-state index >= 15 is 0 Å². The maximum Gasteiger partial charge on any atom is 0.406 e. The summed E-state index contributed by atoms with van der Waals surface area (Å²) in [6.45, 7) is 1.61. The van der Waals surface area contributed by atoms with Gasteiger partial charge in [-0.1, -0.05) is 0 Å². The summed E-state index contributed by atoms with van der Waals surface area (Å²) in [5.41, 5.74) is -1.64. The van der Waals surface area contributed by atoms with Crippen LogP contribution >= 0.6 is 12.6 Å². The number of halogens is 3. The fourth-order valence-electron chi connectivity index (χ4n) is 1.44. The third-order valence-corrected chi connectivity index (χ3v) is 2.36. The highest BCUT2D eigenvalue weighted by Gasteiger charge is 2.58. The Morgan fingerprint density at radius 1 is 1.42 bits per heavy atom. The lowest BCUT2D eigenvalue weighted by atomic mass is 9.76. The number of hydrogen-bond acceptors (Lipinski definition) is 2. The molecule has 1 saturated carbocycles. The van der Waals surface area contributed by atoms with Crippen molar-refractivity contribution >= 4 is 12.6 Å². The minimum atomic E-state index is -4.14. The van der Waals surface area contributed by atoms with E-state index in [1.165, 1.54) is 0 Å². The first-order valence-corrected chi connectivity index (χ1v) is 4.41. The zero-order valence-corrected chi connectivity index (χ0v) is 7.67. The van der Waals surface area contributed by atoms with Crippen LogP contribution in [0.15, 0.2) is 0 Å². The van der Waals surface area contributed by atoms with Crippen LogP contribution in [0.4, 0.5) is 13.2 Å². The summed E-state index contributed by atoms with van der Waals surface area (Å²) in [5, 5.41) is 2.06. The van der Waals surface area contributed by atoms with E-state index in [1.807, 2.05) is 0 Å². The minimum Gasteiger partial charge on any atom is -0.292 e. The lowest BCUT2D eigenvalue weighted by Gasteiger charge is -2.44. The summed E-state index contributed by atoms with van der Waals surface area (Å²) in [7, 11) is 0. The summed E-state index contributed by atoms with van der Waals surface area (Å²) in [4.78, 5) is 0. The van der Waals surface area contributed by atoms with E-state index in [1.54, 1.807) is 6.92 Å². The van der Waals surface area contributed by atoms with E-state index in [0.717, 1.165) is 0 Å². The van der Waals surface area contributed by atoms with Crippen molar-refractivity contribution in [2.45, 2.75) is 43.3 Å². The quantitative estimate of drug-likeness (QED) is 0.514. The molecule has 0 bridgehead atoms. The lowest BCUT2D eigenvalue weighted by molar-refractivity contribution is -0.219. The van der Waals surface area contributed by atoms with Gasteiger partial charge in [-0.25, -0.2) is 0 Å². The Hall–Kier alpha value is 0.100. The average molecular weight is 199 g/mol. The van der Waals surface area contributed by atoms with E-state index < -0.39 is 17.1 Å². The molecular formula is C7H12F3NS. The van der Waals surface area contributed by atoms with Gasteiger partial charge in [0.1, 0.15) is 5.54 Å². The number of nitrogens with one attached hydrogen (secondary N) is 1. The van der Waals surface area contributed by atoms with Crippen LogP contribution in [0.5, 0.6) is 0 Å². The molecule has 1 N–H and O–H groups in total. The molecule has 0 aromatic carbocycles. The zero-order valence-electron chi connectivity index (χ0n) is 6.78. The topological polar surface area (TPSA) is 12.0 Å². The second-order valence-electron chi connectivity index (χ2n) is 3.25. The molecule has 1 aliphatic rings. The Morgan fingerprint density at radius 3 is 2.00 bits per heavy atom. The maximum atomic E-state index is 12.4. The van der Waals surface area contributed by atoms with Gasteiger partial charge in [-0.05, 0) is 26.2 Å². The molecule has 12 heavy (non-hydrogen) atoms. The average Bonchev–Trinajstić information content (AvgIpc) is 1.74. The molecule has 0 amide bonds. The summed E-state index contributed by atoms with van der Waals surface area (Å²) < 4.78 is 37.3. The van der Waals surface area contributed by atoms with Crippen molar-refractivity contribution in [1.29, 1.82) is 0 Å². The fraction of sp³-hybridized carbons (Fsp3) is 1.00. The molecule has 5 heteroatoms. The second kappa shape index (κ2) is 3.10. The number of alkyl halides is 3. The molecule has 0 saturated heterocycles. The van der Waals surface area contributed by atoms with Crippen molar-refractivity contribution in [2.24, 2.45) is 0 Å². The van der Waals surface area contributed by atoms with Crippen molar-refractivity contribution in [1.82, 2.24) is 5.32 Å². The highest BCUT2D eigenvalue weighted by molar-refractivity contribution is 7.80. The van der Waals surface area contributed by atoms with Gasteiger partial charge >= 0.3 is 6.18 Å². The predicted molar refractivity (Wildman–Crippen MR) is 44.2 cm³/mol. The van der Waals surface area contributed by atoms with E-state index in [2.05, 4.69) is 17.9 Å². The van der Waals surface area contributed by atoms with Crippen LogP contribution in [0.3, 0.4) is 0 Å². The SMILES string of the molecule is CC(S)NC1(C(F)(F)F)CCC1. The highest BCUT2D eigenvalue weighted by atomic mass is 32.1. The smallest absolute Gasteiger partial charge is 0.292 e. The molecule has 0 aromatic rings. The van der Waals surface area contributed by atoms with Crippen LogP contribution in [-0.4, -0.2) is 17.1 Å². The molecular weight excluding hydrogens is 187 g/mol. The molecule has 1 unspecified atom stereocenters. The van der Waals surface area contributed by atoms with Gasteiger partial charge in [-0.15, -0.1) is 0 Å². The van der Waals surface area contributed by atoms with Crippen LogP contribution in [0.25, 0.3) is 0 Å². The van der Waals surface area contributed by atoms with Crippen molar-refractivity contribution in [3.8, 4) is 0 Å². The van der Waals surface area contributed by atoms with Crippen LogP contribution < -0.4 is 5.32 Å². The standard InChI is InChI=1S/C7H12F3NS/c1-5(12)11-6(3-2-4-6)7(8,9)10/h5,11-12H,2-4H2,1H3. The van der Waals surface area contributed by atoms with Crippen molar-refractivity contribution in [2.75, 3.05) is 0 Å². The van der Waals surface area contributed by atoms with E-state index in [9.17, 15) is 13.2 Å². The molecule has 0 spiro atoms. The summed E-state index contributed by atoms with van der Waals surface area (Å²) >= 11 is 3.90. The van der Waals surface area contributed by atoms with E-state index in [0.29, 0.717) is 6.42 Å². The molecule has 0 radical (unpaired) electrons. The first-order chi connectivity index (χ1) is 5.37. The van der Waals surface area contributed by atoms with E-state index in [4.69, 9.17) is 0 Å². The molecule has 1 rings (SSSR count). The van der Waals surface area contributed by atoms with E-state index in [-0.39, 0.29) is 12.8 Å². The number of rotatable bonds is 2. The Morgan fingerprint density at radius 2 is 1.92 bits per heavy atom. The van der Waals surface area contributed by atoms with Crippen LogP contribution in [0, 0.1) is 0 Å². The third-order valence-electron chi connectivity index (χ3n) is 2.23. The monoisotopic (exact) mass is 199 g/mol. The summed E-state index contributed by atoms with van der Waals surface area (Å²) in [6.07, 6.45) is -3.13. The molecule has 0 aromatic heterocycles. The third kappa shape index (κ3) is 1.71. The molecule has 72 valence electrons. The molecule has 1 fully saturated rings.